The quantitative estimate of drug-likeness (QED) is 0.832. The van der Waals surface area contributed by atoms with Gasteiger partial charge in [-0.3, -0.25) is 9.59 Å². The van der Waals surface area contributed by atoms with Crippen molar-refractivity contribution in [2.75, 3.05) is 20.2 Å². The van der Waals surface area contributed by atoms with Crippen LogP contribution in [-0.2, 0) is 16.1 Å². The monoisotopic (exact) mass is 350 g/mol. The average molecular weight is 351 g/mol. The molecule has 1 aromatic carbocycles. The van der Waals surface area contributed by atoms with Crippen molar-refractivity contribution in [1.82, 2.24) is 10.2 Å². The van der Waals surface area contributed by atoms with Crippen LogP contribution in [-0.4, -0.2) is 36.9 Å². The Hall–Kier alpha value is -2.47. The molecule has 0 bridgehead atoms. The van der Waals surface area contributed by atoms with E-state index in [-0.39, 0.29) is 31.5 Å². The smallest absolute Gasteiger partial charge is 0.260 e. The average Bonchev–Trinajstić information content (AvgIpc) is 3.05. The Labute approximate surface area is 145 Å². The summed E-state index contributed by atoms with van der Waals surface area (Å²) >= 11 is 5.87. The topological polar surface area (TPSA) is 71.8 Å². The summed E-state index contributed by atoms with van der Waals surface area (Å²) in [6.07, 6.45) is 1.53. The molecular formula is C17H19ClN2O4. The van der Waals surface area contributed by atoms with E-state index < -0.39 is 0 Å². The molecule has 2 rings (SSSR count). The first-order valence-electron chi connectivity index (χ1n) is 7.37. The normalized spacial score (nSPS) is 10.3. The van der Waals surface area contributed by atoms with Gasteiger partial charge in [0.25, 0.3) is 5.91 Å². The van der Waals surface area contributed by atoms with Crippen molar-refractivity contribution >= 4 is 23.4 Å². The van der Waals surface area contributed by atoms with Crippen LogP contribution in [0.4, 0.5) is 0 Å². The molecule has 1 heterocycles. The Morgan fingerprint density at radius 2 is 2.12 bits per heavy atom. The van der Waals surface area contributed by atoms with E-state index in [4.69, 9.17) is 20.8 Å². The summed E-state index contributed by atoms with van der Waals surface area (Å²) < 4.78 is 10.6. The molecule has 0 fully saturated rings. The highest BCUT2D eigenvalue weighted by molar-refractivity contribution is 6.30. The lowest BCUT2D eigenvalue weighted by atomic mass is 10.2. The molecule has 1 N–H and O–H groups in total. The third kappa shape index (κ3) is 5.31. The molecule has 0 aliphatic rings. The first kappa shape index (κ1) is 17.9. The zero-order valence-corrected chi connectivity index (χ0v) is 14.3. The maximum Gasteiger partial charge on any atom is 0.260 e. The van der Waals surface area contributed by atoms with Crippen LogP contribution >= 0.6 is 11.6 Å². The number of amides is 2. The molecule has 1 aromatic heterocycles. The zero-order chi connectivity index (χ0) is 17.5. The van der Waals surface area contributed by atoms with Gasteiger partial charge in [0.1, 0.15) is 11.5 Å². The van der Waals surface area contributed by atoms with Gasteiger partial charge in [-0.1, -0.05) is 11.6 Å². The molecule has 0 saturated carbocycles. The van der Waals surface area contributed by atoms with Gasteiger partial charge in [-0.15, -0.1) is 0 Å². The van der Waals surface area contributed by atoms with Crippen LogP contribution in [0.3, 0.4) is 0 Å². The SMILES string of the molecule is Cc1cc(Cl)ccc1OCC(=O)N(C)CC(=O)NCc1ccco1. The van der Waals surface area contributed by atoms with Crippen LogP contribution in [0.15, 0.2) is 41.0 Å². The molecule has 2 aromatic rings. The summed E-state index contributed by atoms with van der Waals surface area (Å²) in [4.78, 5) is 25.2. The van der Waals surface area contributed by atoms with Crippen molar-refractivity contribution in [1.29, 1.82) is 0 Å². The molecule has 2 amide bonds. The summed E-state index contributed by atoms with van der Waals surface area (Å²) in [7, 11) is 1.55. The van der Waals surface area contributed by atoms with Crippen LogP contribution in [0.1, 0.15) is 11.3 Å². The molecule has 6 nitrogen and oxygen atoms in total. The van der Waals surface area contributed by atoms with Crippen LogP contribution in [0.5, 0.6) is 5.75 Å². The van der Waals surface area contributed by atoms with E-state index in [2.05, 4.69) is 5.32 Å². The fraction of sp³-hybridized carbons (Fsp3) is 0.294. The number of nitrogens with zero attached hydrogens (tertiary/aromatic N) is 1. The molecule has 0 atom stereocenters. The number of carbonyl (C=O) groups is 2. The lowest BCUT2D eigenvalue weighted by molar-refractivity contribution is -0.136. The van der Waals surface area contributed by atoms with E-state index in [1.54, 1.807) is 37.4 Å². The van der Waals surface area contributed by atoms with Crippen molar-refractivity contribution in [2.24, 2.45) is 0 Å². The van der Waals surface area contributed by atoms with Crippen molar-refractivity contribution in [3.8, 4) is 5.75 Å². The van der Waals surface area contributed by atoms with Gasteiger partial charge in [-0.25, -0.2) is 0 Å². The van der Waals surface area contributed by atoms with Crippen LogP contribution in [0.25, 0.3) is 0 Å². The number of halogens is 1. The number of rotatable bonds is 7. The van der Waals surface area contributed by atoms with Gasteiger partial charge in [0, 0.05) is 12.1 Å². The number of hydrogen-bond donors (Lipinski definition) is 1. The van der Waals surface area contributed by atoms with Gasteiger partial charge >= 0.3 is 0 Å². The van der Waals surface area contributed by atoms with Crippen LogP contribution < -0.4 is 10.1 Å². The molecule has 7 heteroatoms. The molecular weight excluding hydrogens is 332 g/mol. The van der Waals surface area contributed by atoms with E-state index in [0.29, 0.717) is 16.5 Å². The van der Waals surface area contributed by atoms with Gasteiger partial charge in [0.05, 0.1) is 19.4 Å². The van der Waals surface area contributed by atoms with Gasteiger partial charge in [0.2, 0.25) is 5.91 Å². The largest absolute Gasteiger partial charge is 0.483 e. The van der Waals surface area contributed by atoms with Crippen LogP contribution in [0, 0.1) is 6.92 Å². The molecule has 24 heavy (non-hydrogen) atoms. The van der Waals surface area contributed by atoms with Crippen molar-refractivity contribution in [3.63, 3.8) is 0 Å². The Morgan fingerprint density at radius 1 is 1.33 bits per heavy atom. The minimum Gasteiger partial charge on any atom is -0.483 e. The summed E-state index contributed by atoms with van der Waals surface area (Å²) in [6, 6.07) is 8.67. The Morgan fingerprint density at radius 3 is 2.79 bits per heavy atom. The van der Waals surface area contributed by atoms with Gasteiger partial charge in [-0.2, -0.15) is 0 Å². The van der Waals surface area contributed by atoms with Gasteiger partial charge in [0.15, 0.2) is 6.61 Å². The Kier molecular flexibility index (Phi) is 6.26. The number of likely N-dealkylation sites (N-methyl/N-ethyl adjacent to an activating group) is 1. The number of furan rings is 1. The number of carbonyl (C=O) groups excluding carboxylic acids is 2. The van der Waals surface area contributed by atoms with Gasteiger partial charge in [-0.05, 0) is 42.8 Å². The van der Waals surface area contributed by atoms with Crippen molar-refractivity contribution in [2.45, 2.75) is 13.5 Å². The molecule has 128 valence electrons. The minimum atomic E-state index is -0.294. The van der Waals surface area contributed by atoms with Crippen LogP contribution in [0.2, 0.25) is 5.02 Å². The standard InChI is InChI=1S/C17H19ClN2O4/c1-12-8-13(18)5-6-15(12)24-11-17(22)20(2)10-16(21)19-9-14-4-3-7-23-14/h3-8H,9-11H2,1-2H3,(H,19,21). The summed E-state index contributed by atoms with van der Waals surface area (Å²) in [6.45, 7) is 1.93. The lowest BCUT2D eigenvalue weighted by Crippen LogP contribution is -2.40. The second-order valence-corrected chi connectivity index (χ2v) is 5.74. The molecule has 0 spiro atoms. The first-order valence-corrected chi connectivity index (χ1v) is 7.75. The number of ether oxygens (including phenoxy) is 1. The Bertz CT molecular complexity index is 701. The number of aryl methyl sites for hydroxylation is 1. The zero-order valence-electron chi connectivity index (χ0n) is 13.5. The fourth-order valence-corrected chi connectivity index (χ4v) is 2.21. The highest BCUT2D eigenvalue weighted by Gasteiger charge is 2.14. The fourth-order valence-electron chi connectivity index (χ4n) is 1.98. The van der Waals surface area contributed by atoms with E-state index >= 15 is 0 Å². The number of hydrogen-bond acceptors (Lipinski definition) is 4. The number of benzene rings is 1. The predicted octanol–water partition coefficient (Wildman–Crippen LogP) is 2.40. The molecule has 0 aliphatic heterocycles. The van der Waals surface area contributed by atoms with E-state index in [1.807, 2.05) is 6.92 Å². The van der Waals surface area contributed by atoms with Gasteiger partial charge < -0.3 is 19.4 Å². The molecule has 0 saturated heterocycles. The lowest BCUT2D eigenvalue weighted by Gasteiger charge is -2.17. The first-order chi connectivity index (χ1) is 11.5. The molecule has 0 radical (unpaired) electrons. The molecule has 0 unspecified atom stereocenters. The third-order valence-corrected chi connectivity index (χ3v) is 3.57. The van der Waals surface area contributed by atoms with E-state index in [9.17, 15) is 9.59 Å². The predicted molar refractivity (Wildman–Crippen MR) is 89.9 cm³/mol. The highest BCUT2D eigenvalue weighted by atomic mass is 35.5. The maximum absolute atomic E-state index is 12.0. The third-order valence-electron chi connectivity index (χ3n) is 3.33. The Balaban J connectivity index is 1.75. The van der Waals surface area contributed by atoms with E-state index in [1.165, 1.54) is 11.2 Å². The highest BCUT2D eigenvalue weighted by Crippen LogP contribution is 2.21. The molecule has 0 aliphatic carbocycles. The summed E-state index contributed by atoms with van der Waals surface area (Å²) in [5.41, 5.74) is 0.842. The second-order valence-electron chi connectivity index (χ2n) is 5.30. The van der Waals surface area contributed by atoms with Crippen molar-refractivity contribution < 1.29 is 18.7 Å². The maximum atomic E-state index is 12.0. The van der Waals surface area contributed by atoms with E-state index in [0.717, 1.165) is 5.56 Å². The minimum absolute atomic E-state index is 0.0531. The summed E-state index contributed by atoms with van der Waals surface area (Å²) in [5.74, 6) is 0.671. The summed E-state index contributed by atoms with van der Waals surface area (Å²) in [5, 5.41) is 3.29. The second kappa shape index (κ2) is 8.40. The van der Waals surface area contributed by atoms with Crippen molar-refractivity contribution in [3.05, 3.63) is 52.9 Å². The number of nitrogens with one attached hydrogen (secondary N) is 1.